The molecule has 0 heterocycles. The van der Waals surface area contributed by atoms with Crippen molar-refractivity contribution in [2.75, 3.05) is 0 Å². The molecule has 0 atom stereocenters. The van der Waals surface area contributed by atoms with E-state index in [0.717, 1.165) is 28.9 Å². The highest BCUT2D eigenvalue weighted by Crippen LogP contribution is 2.40. The van der Waals surface area contributed by atoms with Gasteiger partial charge in [-0.2, -0.15) is 0 Å². The van der Waals surface area contributed by atoms with Gasteiger partial charge < -0.3 is 0 Å². The van der Waals surface area contributed by atoms with E-state index in [1.165, 1.54) is 95.1 Å². The molecule has 0 unspecified atom stereocenters. The van der Waals surface area contributed by atoms with Crippen molar-refractivity contribution >= 4 is 11.6 Å². The summed E-state index contributed by atoms with van der Waals surface area (Å²) in [5.74, 6) is 3.33. The van der Waals surface area contributed by atoms with Crippen LogP contribution in [0.1, 0.15) is 102 Å². The minimum Gasteiger partial charge on any atom is -0.205 e. The molecule has 2 aromatic rings. The van der Waals surface area contributed by atoms with Crippen LogP contribution < -0.4 is 0 Å². The van der Waals surface area contributed by atoms with Crippen LogP contribution in [-0.4, -0.2) is 0 Å². The van der Waals surface area contributed by atoms with Gasteiger partial charge in [0.15, 0.2) is 0 Å². The molecule has 4 rings (SSSR count). The van der Waals surface area contributed by atoms with Gasteiger partial charge in [0.05, 0.1) is 5.02 Å². The van der Waals surface area contributed by atoms with Crippen molar-refractivity contribution in [3.05, 3.63) is 58.9 Å². The fraction of sp³-hybridized carbons (Fsp3) is 0.600. The van der Waals surface area contributed by atoms with Gasteiger partial charge in [-0.3, -0.25) is 0 Å². The second kappa shape index (κ2) is 11.7. The molecule has 2 aromatic carbocycles. The molecule has 0 amide bonds. The molecule has 2 aliphatic carbocycles. The number of rotatable bonds is 8. The second-order valence-electron chi connectivity index (χ2n) is 10.6. The Morgan fingerprint density at radius 1 is 0.719 bits per heavy atom. The maximum Gasteiger partial charge on any atom is 0.142 e. The molecule has 0 nitrogen and oxygen atoms in total. The molecular weight excluding hydrogens is 415 g/mol. The molecule has 0 aliphatic heterocycles. The van der Waals surface area contributed by atoms with Gasteiger partial charge in [0.2, 0.25) is 0 Å². The van der Waals surface area contributed by atoms with Gasteiger partial charge in [-0.05, 0) is 78.2 Å². The first-order valence-electron chi connectivity index (χ1n) is 13.2. The third-order valence-corrected chi connectivity index (χ3v) is 8.70. The lowest BCUT2D eigenvalue weighted by Gasteiger charge is -2.32. The molecule has 0 bridgehead atoms. The average molecular weight is 455 g/mol. The van der Waals surface area contributed by atoms with Crippen LogP contribution in [0, 0.1) is 23.6 Å². The monoisotopic (exact) mass is 454 g/mol. The van der Waals surface area contributed by atoms with Gasteiger partial charge in [-0.25, -0.2) is 4.39 Å². The number of hydrogen-bond donors (Lipinski definition) is 0. The highest BCUT2D eigenvalue weighted by atomic mass is 35.5. The zero-order chi connectivity index (χ0) is 22.3. The Morgan fingerprint density at radius 3 is 1.81 bits per heavy atom. The fourth-order valence-electron chi connectivity index (χ4n) is 6.18. The molecule has 0 aromatic heterocycles. The molecule has 2 heteroatoms. The number of unbranched alkanes of at least 4 members (excludes halogenated alkanes) is 1. The van der Waals surface area contributed by atoms with Gasteiger partial charge >= 0.3 is 0 Å². The first-order chi connectivity index (χ1) is 15.6. The summed E-state index contributed by atoms with van der Waals surface area (Å²) in [5.41, 5.74) is 3.40. The van der Waals surface area contributed by atoms with Crippen molar-refractivity contribution < 1.29 is 4.39 Å². The average Bonchev–Trinajstić information content (AvgIpc) is 2.84. The lowest BCUT2D eigenvalue weighted by Crippen LogP contribution is -2.17. The predicted octanol–water partition coefficient (Wildman–Crippen LogP) is 10.2. The largest absolute Gasteiger partial charge is 0.205 e. The summed E-state index contributed by atoms with van der Waals surface area (Å²) in [6, 6.07) is 13.8. The molecule has 0 saturated heterocycles. The number of benzene rings is 2. The molecule has 0 radical (unpaired) electrons. The van der Waals surface area contributed by atoms with E-state index < -0.39 is 0 Å². The summed E-state index contributed by atoms with van der Waals surface area (Å²) >= 11 is 5.82. The maximum atomic E-state index is 13.8. The van der Waals surface area contributed by atoms with E-state index in [2.05, 4.69) is 31.2 Å². The summed E-state index contributed by atoms with van der Waals surface area (Å²) in [5, 5.41) is 0.182. The smallest absolute Gasteiger partial charge is 0.142 e. The lowest BCUT2D eigenvalue weighted by molar-refractivity contribution is 0.222. The summed E-state index contributed by atoms with van der Waals surface area (Å²) in [7, 11) is 0. The van der Waals surface area contributed by atoms with Gasteiger partial charge in [0.1, 0.15) is 5.82 Å². The maximum absolute atomic E-state index is 13.8. The Balaban J connectivity index is 1.20. The highest BCUT2D eigenvalue weighted by molar-refractivity contribution is 6.30. The topological polar surface area (TPSA) is 0 Å². The fourth-order valence-corrected chi connectivity index (χ4v) is 6.30. The standard InChI is InChI=1S/C30H40ClF/c1-2-3-4-22-5-7-23(8-6-22)9-10-24-11-13-25(14-12-24)26-15-17-27(18-16-26)28-19-20-29(31)30(32)21-28/h15-25H,2-14H2,1H3/t22-,23-,24-,25-. The zero-order valence-electron chi connectivity index (χ0n) is 19.8. The number of hydrogen-bond acceptors (Lipinski definition) is 0. The summed E-state index contributed by atoms with van der Waals surface area (Å²) in [6.07, 6.45) is 18.6. The first-order valence-corrected chi connectivity index (χ1v) is 13.6. The molecular formula is C30H40ClF. The minimum absolute atomic E-state index is 0.182. The summed E-state index contributed by atoms with van der Waals surface area (Å²) < 4.78 is 13.8. The molecule has 32 heavy (non-hydrogen) atoms. The van der Waals surface area contributed by atoms with Crippen molar-refractivity contribution in [1.29, 1.82) is 0 Å². The van der Waals surface area contributed by atoms with Crippen molar-refractivity contribution in [2.45, 2.75) is 96.3 Å². The van der Waals surface area contributed by atoms with Crippen LogP contribution in [0.4, 0.5) is 4.39 Å². The normalized spacial score (nSPS) is 26.2. The van der Waals surface area contributed by atoms with Crippen LogP contribution >= 0.6 is 11.6 Å². The van der Waals surface area contributed by atoms with Crippen molar-refractivity contribution in [3.63, 3.8) is 0 Å². The summed E-state index contributed by atoms with van der Waals surface area (Å²) in [6.45, 7) is 2.32. The summed E-state index contributed by atoms with van der Waals surface area (Å²) in [4.78, 5) is 0. The Hall–Kier alpha value is -1.34. The van der Waals surface area contributed by atoms with Crippen LogP contribution in [0.5, 0.6) is 0 Å². The van der Waals surface area contributed by atoms with E-state index in [4.69, 9.17) is 11.6 Å². The third-order valence-electron chi connectivity index (χ3n) is 8.40. The minimum atomic E-state index is -0.351. The predicted molar refractivity (Wildman–Crippen MR) is 136 cm³/mol. The molecule has 174 valence electrons. The molecule has 2 saturated carbocycles. The Morgan fingerprint density at radius 2 is 1.25 bits per heavy atom. The Labute approximate surface area is 200 Å². The van der Waals surface area contributed by atoms with E-state index in [9.17, 15) is 4.39 Å². The van der Waals surface area contributed by atoms with E-state index in [1.807, 2.05) is 6.07 Å². The Kier molecular flexibility index (Phi) is 8.69. The zero-order valence-corrected chi connectivity index (χ0v) is 20.6. The first kappa shape index (κ1) is 23.8. The third kappa shape index (κ3) is 6.37. The van der Waals surface area contributed by atoms with Crippen LogP contribution in [0.3, 0.4) is 0 Å². The van der Waals surface area contributed by atoms with E-state index in [0.29, 0.717) is 5.92 Å². The van der Waals surface area contributed by atoms with E-state index >= 15 is 0 Å². The van der Waals surface area contributed by atoms with Crippen molar-refractivity contribution in [1.82, 2.24) is 0 Å². The van der Waals surface area contributed by atoms with Gasteiger partial charge in [-0.1, -0.05) is 107 Å². The highest BCUT2D eigenvalue weighted by Gasteiger charge is 2.25. The van der Waals surface area contributed by atoms with Crippen LogP contribution in [0.15, 0.2) is 42.5 Å². The molecule has 2 aliphatic rings. The molecule has 2 fully saturated rings. The Bertz CT molecular complexity index is 826. The lowest BCUT2D eigenvalue weighted by atomic mass is 9.74. The van der Waals surface area contributed by atoms with Crippen molar-refractivity contribution in [2.24, 2.45) is 17.8 Å². The second-order valence-corrected chi connectivity index (χ2v) is 11.0. The van der Waals surface area contributed by atoms with Crippen molar-refractivity contribution in [3.8, 4) is 11.1 Å². The van der Waals surface area contributed by atoms with E-state index in [-0.39, 0.29) is 10.8 Å². The SMILES string of the molecule is CCCC[C@H]1CC[C@H](CC[C@H]2CC[C@H](c3ccc(-c4ccc(Cl)c(F)c4)cc3)CC2)CC1. The molecule has 0 N–H and O–H groups in total. The van der Waals surface area contributed by atoms with Gasteiger partial charge in [-0.15, -0.1) is 0 Å². The van der Waals surface area contributed by atoms with Gasteiger partial charge in [0, 0.05) is 0 Å². The van der Waals surface area contributed by atoms with Gasteiger partial charge in [0.25, 0.3) is 0 Å². The van der Waals surface area contributed by atoms with E-state index in [1.54, 1.807) is 6.07 Å². The quantitative estimate of drug-likeness (QED) is 0.372. The number of halogens is 2. The van der Waals surface area contributed by atoms with Crippen LogP contribution in [0.2, 0.25) is 5.02 Å². The molecule has 0 spiro atoms. The van der Waals surface area contributed by atoms with Crippen LogP contribution in [-0.2, 0) is 0 Å². The van der Waals surface area contributed by atoms with Crippen LogP contribution in [0.25, 0.3) is 11.1 Å².